The fourth-order valence-electron chi connectivity index (χ4n) is 0.578. The molecular weight excluding hydrogens is 132 g/mol. The van der Waals surface area contributed by atoms with E-state index < -0.39 is 18.0 Å². The van der Waals surface area contributed by atoms with Crippen LogP contribution in [-0.2, 0) is 4.79 Å². The Bertz CT molecular complexity index is 147. The first kappa shape index (κ1) is 9.33. The summed E-state index contributed by atoms with van der Waals surface area (Å²) in [5, 5.41) is 17.5. The first-order valence-corrected chi connectivity index (χ1v) is 3.05. The topological polar surface area (TPSA) is 57.5 Å². The van der Waals surface area contributed by atoms with Gasteiger partial charge in [0.05, 0.1) is 0 Å². The second-order valence-electron chi connectivity index (χ2n) is 2.23. The average molecular weight is 144 g/mol. The molecule has 0 aliphatic carbocycles. The third-order valence-corrected chi connectivity index (χ3v) is 1.20. The monoisotopic (exact) mass is 144 g/mol. The van der Waals surface area contributed by atoms with Crippen molar-refractivity contribution in [3.63, 3.8) is 0 Å². The maximum Gasteiger partial charge on any atom is 0.193 e. The van der Waals surface area contributed by atoms with Crippen LogP contribution in [0.3, 0.4) is 0 Å². The molecular formula is C7H12O3. The van der Waals surface area contributed by atoms with Crippen molar-refractivity contribution in [3.05, 3.63) is 12.2 Å². The molecule has 2 N–H and O–H groups in total. The van der Waals surface area contributed by atoms with Gasteiger partial charge in [0.1, 0.15) is 12.2 Å². The van der Waals surface area contributed by atoms with Crippen molar-refractivity contribution < 1.29 is 15.0 Å². The number of allylic oxidation sites excluding steroid dienone is 1. The lowest BCUT2D eigenvalue weighted by molar-refractivity contribution is -0.134. The molecule has 0 rings (SSSR count). The van der Waals surface area contributed by atoms with Gasteiger partial charge in [0.25, 0.3) is 0 Å². The summed E-state index contributed by atoms with van der Waals surface area (Å²) in [6.45, 7) is 2.40. The van der Waals surface area contributed by atoms with Crippen molar-refractivity contribution in [1.29, 1.82) is 0 Å². The number of carbonyl (C=O) groups excluding carboxylic acids is 1. The molecule has 1 atom stereocenters. The molecule has 0 aliphatic heterocycles. The predicted molar refractivity (Wildman–Crippen MR) is 37.5 cm³/mol. The second kappa shape index (κ2) is 3.49. The van der Waals surface area contributed by atoms with E-state index in [4.69, 9.17) is 5.11 Å². The van der Waals surface area contributed by atoms with Gasteiger partial charge in [-0.25, -0.2) is 0 Å². The molecule has 0 bridgehead atoms. The van der Waals surface area contributed by atoms with Gasteiger partial charge in [-0.05, 0) is 13.8 Å². The molecule has 0 aromatic rings. The molecule has 10 heavy (non-hydrogen) atoms. The molecule has 0 radical (unpaired) electrons. The summed E-state index contributed by atoms with van der Waals surface area (Å²) in [6, 6.07) is 0. The van der Waals surface area contributed by atoms with Gasteiger partial charge in [-0.2, -0.15) is 0 Å². The maximum atomic E-state index is 10.7. The van der Waals surface area contributed by atoms with E-state index in [0.29, 0.717) is 0 Å². The van der Waals surface area contributed by atoms with Crippen molar-refractivity contribution >= 4 is 5.78 Å². The van der Waals surface area contributed by atoms with E-state index in [1.54, 1.807) is 13.0 Å². The van der Waals surface area contributed by atoms with Gasteiger partial charge in [-0.3, -0.25) is 4.79 Å². The van der Waals surface area contributed by atoms with Crippen LogP contribution < -0.4 is 0 Å². The normalized spacial score (nSPS) is 17.2. The molecule has 0 fully saturated rings. The predicted octanol–water partition coefficient (Wildman–Crippen LogP) is -0.125. The number of aliphatic hydroxyl groups excluding tert-OH is 1. The Hall–Kier alpha value is -0.670. The molecule has 0 aliphatic rings. The number of hydrogen-bond donors (Lipinski definition) is 2. The molecule has 0 amide bonds. The summed E-state index contributed by atoms with van der Waals surface area (Å²) in [6.07, 6.45) is 2.90. The third kappa shape index (κ3) is 2.29. The largest absolute Gasteiger partial charge is 0.388 e. The minimum atomic E-state index is -1.51. The Morgan fingerprint density at radius 3 is 2.50 bits per heavy atom. The molecule has 3 heteroatoms. The van der Waals surface area contributed by atoms with Crippen LogP contribution in [0.1, 0.15) is 13.8 Å². The molecule has 0 saturated carbocycles. The highest BCUT2D eigenvalue weighted by molar-refractivity contribution is 5.89. The zero-order valence-electron chi connectivity index (χ0n) is 6.16. The highest BCUT2D eigenvalue weighted by Crippen LogP contribution is 2.05. The maximum absolute atomic E-state index is 10.7. The van der Waals surface area contributed by atoms with E-state index in [1.807, 2.05) is 0 Å². The van der Waals surface area contributed by atoms with Gasteiger partial charge in [-0.1, -0.05) is 12.2 Å². The van der Waals surface area contributed by atoms with Gasteiger partial charge < -0.3 is 10.2 Å². The molecule has 0 spiro atoms. The van der Waals surface area contributed by atoms with Crippen molar-refractivity contribution in [2.24, 2.45) is 0 Å². The number of Topliss-reactive ketones (excluding diaryl/α,β-unsaturated/α-hetero) is 1. The van der Waals surface area contributed by atoms with E-state index >= 15 is 0 Å². The lowest BCUT2D eigenvalue weighted by Crippen LogP contribution is -2.34. The van der Waals surface area contributed by atoms with E-state index in [2.05, 4.69) is 0 Å². The quantitative estimate of drug-likeness (QED) is 0.543. The lowest BCUT2D eigenvalue weighted by atomic mass is 10.0. The number of ketones is 1. The SMILES string of the molecule is CC=CC(C)(O)C(=O)CO. The fourth-order valence-corrected chi connectivity index (χ4v) is 0.578. The summed E-state index contributed by atoms with van der Waals surface area (Å²) in [4.78, 5) is 10.7. The summed E-state index contributed by atoms with van der Waals surface area (Å²) in [7, 11) is 0. The number of aliphatic hydroxyl groups is 2. The van der Waals surface area contributed by atoms with Gasteiger partial charge in [-0.15, -0.1) is 0 Å². The Balaban J connectivity index is 4.24. The second-order valence-corrected chi connectivity index (χ2v) is 2.23. The minimum Gasteiger partial charge on any atom is -0.388 e. The first-order valence-electron chi connectivity index (χ1n) is 3.05. The van der Waals surface area contributed by atoms with E-state index in [1.165, 1.54) is 13.0 Å². The molecule has 0 aromatic carbocycles. The first-order chi connectivity index (χ1) is 4.54. The van der Waals surface area contributed by atoms with Crippen molar-refractivity contribution in [2.45, 2.75) is 19.4 Å². The molecule has 0 saturated heterocycles. The van der Waals surface area contributed by atoms with E-state index in [9.17, 15) is 9.90 Å². The Morgan fingerprint density at radius 1 is 1.70 bits per heavy atom. The van der Waals surface area contributed by atoms with Crippen LogP contribution in [0.5, 0.6) is 0 Å². The zero-order valence-corrected chi connectivity index (χ0v) is 6.16. The highest BCUT2D eigenvalue weighted by Gasteiger charge is 2.24. The number of hydrogen-bond acceptors (Lipinski definition) is 3. The van der Waals surface area contributed by atoms with Crippen molar-refractivity contribution in [1.82, 2.24) is 0 Å². The Kier molecular flexibility index (Phi) is 3.25. The number of carbonyl (C=O) groups is 1. The van der Waals surface area contributed by atoms with Gasteiger partial charge >= 0.3 is 0 Å². The van der Waals surface area contributed by atoms with Crippen LogP contribution in [-0.4, -0.2) is 28.2 Å². The summed E-state index contributed by atoms with van der Waals surface area (Å²) in [5.41, 5.74) is -1.51. The standard InChI is InChI=1S/C7H12O3/c1-3-4-7(2,10)6(9)5-8/h3-4,8,10H,5H2,1-2H3. The average Bonchev–Trinajstić information content (AvgIpc) is 1.86. The van der Waals surface area contributed by atoms with Crippen LogP contribution in [0.2, 0.25) is 0 Å². The molecule has 0 aromatic heterocycles. The minimum absolute atomic E-state index is 0.592. The van der Waals surface area contributed by atoms with Gasteiger partial charge in [0, 0.05) is 0 Å². The van der Waals surface area contributed by atoms with Crippen LogP contribution in [0.4, 0.5) is 0 Å². The van der Waals surface area contributed by atoms with Crippen LogP contribution in [0.25, 0.3) is 0 Å². The third-order valence-electron chi connectivity index (χ3n) is 1.20. The van der Waals surface area contributed by atoms with Gasteiger partial charge in [0.15, 0.2) is 5.78 Å². The molecule has 1 unspecified atom stereocenters. The Morgan fingerprint density at radius 2 is 2.20 bits per heavy atom. The fraction of sp³-hybridized carbons (Fsp3) is 0.571. The number of rotatable bonds is 3. The van der Waals surface area contributed by atoms with E-state index in [0.717, 1.165) is 0 Å². The lowest BCUT2D eigenvalue weighted by Gasteiger charge is -2.14. The zero-order chi connectivity index (χ0) is 8.20. The van der Waals surface area contributed by atoms with E-state index in [-0.39, 0.29) is 0 Å². The summed E-state index contributed by atoms with van der Waals surface area (Å²) < 4.78 is 0. The molecule has 0 heterocycles. The Labute approximate surface area is 60.0 Å². The van der Waals surface area contributed by atoms with Crippen molar-refractivity contribution in [2.75, 3.05) is 6.61 Å². The molecule has 3 nitrogen and oxygen atoms in total. The summed E-state index contributed by atoms with van der Waals surface area (Å²) >= 11 is 0. The van der Waals surface area contributed by atoms with Crippen LogP contribution in [0.15, 0.2) is 12.2 Å². The van der Waals surface area contributed by atoms with Crippen molar-refractivity contribution in [3.8, 4) is 0 Å². The highest BCUT2D eigenvalue weighted by atomic mass is 16.3. The van der Waals surface area contributed by atoms with Crippen LogP contribution >= 0.6 is 0 Å². The van der Waals surface area contributed by atoms with Crippen LogP contribution in [0, 0.1) is 0 Å². The molecule has 58 valence electrons. The smallest absolute Gasteiger partial charge is 0.193 e. The van der Waals surface area contributed by atoms with Gasteiger partial charge in [0.2, 0.25) is 0 Å². The summed E-state index contributed by atoms with van der Waals surface area (Å²) in [5.74, 6) is -0.592.